The zero-order chi connectivity index (χ0) is 12.3. The number of hydrogen-bond donors (Lipinski definition) is 1. The molecule has 17 heavy (non-hydrogen) atoms. The Kier molecular flexibility index (Phi) is 3.74. The molecule has 0 bridgehead atoms. The first-order chi connectivity index (χ1) is 8.16. The zero-order valence-electron chi connectivity index (χ0n) is 9.96. The molecule has 0 atom stereocenters. The predicted octanol–water partition coefficient (Wildman–Crippen LogP) is 3.55. The van der Waals surface area contributed by atoms with Crippen LogP contribution in [0.2, 0.25) is 0 Å². The molecule has 1 aromatic carbocycles. The lowest BCUT2D eigenvalue weighted by atomic mass is 10.2. The summed E-state index contributed by atoms with van der Waals surface area (Å²) in [6.07, 6.45) is 0.879. The van der Waals surface area contributed by atoms with Crippen molar-refractivity contribution >= 4 is 17.0 Å². The maximum atomic E-state index is 13.5. The Balaban J connectivity index is 1.92. The Morgan fingerprint density at radius 2 is 2.18 bits per heavy atom. The summed E-state index contributed by atoms with van der Waals surface area (Å²) in [4.78, 5) is 5.44. The van der Waals surface area contributed by atoms with Crippen LogP contribution in [-0.2, 0) is 6.42 Å². The van der Waals surface area contributed by atoms with Gasteiger partial charge < -0.3 is 5.32 Å². The molecule has 2 rings (SSSR count). The normalized spacial score (nSPS) is 10.5. The van der Waals surface area contributed by atoms with Crippen molar-refractivity contribution in [1.29, 1.82) is 0 Å². The summed E-state index contributed by atoms with van der Waals surface area (Å²) in [5.74, 6) is -0.189. The fourth-order valence-electron chi connectivity index (χ4n) is 1.64. The molecule has 0 amide bonds. The highest BCUT2D eigenvalue weighted by molar-refractivity contribution is 7.09. The largest absolute Gasteiger partial charge is 0.382 e. The quantitative estimate of drug-likeness (QED) is 0.897. The van der Waals surface area contributed by atoms with Gasteiger partial charge in [0.2, 0.25) is 0 Å². The molecule has 0 aliphatic carbocycles. The van der Waals surface area contributed by atoms with Crippen molar-refractivity contribution < 1.29 is 4.39 Å². The first-order valence-electron chi connectivity index (χ1n) is 5.56. The summed E-state index contributed by atoms with van der Waals surface area (Å²) in [5.41, 5.74) is 4.42. The predicted molar refractivity (Wildman–Crippen MR) is 70.2 cm³/mol. The van der Waals surface area contributed by atoms with E-state index in [1.807, 2.05) is 25.4 Å². The van der Waals surface area contributed by atoms with Crippen LogP contribution in [0, 0.1) is 19.7 Å². The van der Waals surface area contributed by atoms with Gasteiger partial charge in [0, 0.05) is 17.8 Å². The van der Waals surface area contributed by atoms with Crippen molar-refractivity contribution in [2.24, 2.45) is 0 Å². The van der Waals surface area contributed by atoms with Gasteiger partial charge >= 0.3 is 0 Å². The number of nitrogens with zero attached hydrogens (tertiary/aromatic N) is 1. The smallest absolute Gasteiger partial charge is 0.146 e. The van der Waals surface area contributed by atoms with Crippen molar-refractivity contribution in [3.05, 3.63) is 45.7 Å². The second-order valence-electron chi connectivity index (χ2n) is 4.02. The Morgan fingerprint density at radius 1 is 1.35 bits per heavy atom. The van der Waals surface area contributed by atoms with Crippen LogP contribution >= 0.6 is 11.3 Å². The molecule has 0 saturated heterocycles. The highest BCUT2D eigenvalue weighted by Crippen LogP contribution is 2.16. The van der Waals surface area contributed by atoms with Gasteiger partial charge in [0.15, 0.2) is 0 Å². The van der Waals surface area contributed by atoms with Gasteiger partial charge in [-0.2, -0.15) is 0 Å². The molecule has 0 aliphatic rings. The minimum Gasteiger partial charge on any atom is -0.382 e. The number of aryl methyl sites for hydroxylation is 2. The summed E-state index contributed by atoms with van der Waals surface area (Å²) in [6.45, 7) is 4.61. The van der Waals surface area contributed by atoms with Crippen LogP contribution in [0.4, 0.5) is 10.1 Å². The number of halogens is 1. The van der Waals surface area contributed by atoms with Crippen LogP contribution in [0.15, 0.2) is 23.7 Å². The molecule has 1 N–H and O–H groups in total. The third-order valence-corrected chi connectivity index (χ3v) is 3.63. The number of hydrogen-bond acceptors (Lipinski definition) is 3. The van der Waals surface area contributed by atoms with E-state index in [1.54, 1.807) is 23.5 Å². The molecule has 0 radical (unpaired) electrons. The zero-order valence-corrected chi connectivity index (χ0v) is 10.8. The molecular weight excluding hydrogens is 235 g/mol. The van der Waals surface area contributed by atoms with Crippen LogP contribution < -0.4 is 5.32 Å². The molecule has 4 heteroatoms. The third-order valence-electron chi connectivity index (χ3n) is 2.64. The van der Waals surface area contributed by atoms with Crippen molar-refractivity contribution in [3.8, 4) is 0 Å². The lowest BCUT2D eigenvalue weighted by molar-refractivity contribution is 0.629. The number of rotatable bonds is 4. The van der Waals surface area contributed by atoms with Gasteiger partial charge in [0.25, 0.3) is 0 Å². The topological polar surface area (TPSA) is 24.9 Å². The lowest BCUT2D eigenvalue weighted by Crippen LogP contribution is -2.06. The standard InChI is InChI=1S/C13H15FN2S/c1-9-3-4-12(11(14)7-9)15-6-5-13-10(2)16-8-17-13/h3-4,7-8,15H,5-6H2,1-2H3. The van der Waals surface area contributed by atoms with E-state index in [4.69, 9.17) is 0 Å². The number of aromatic nitrogens is 1. The van der Waals surface area contributed by atoms with E-state index in [2.05, 4.69) is 10.3 Å². The maximum Gasteiger partial charge on any atom is 0.146 e. The number of thiazole rings is 1. The van der Waals surface area contributed by atoms with Crippen molar-refractivity contribution in [2.45, 2.75) is 20.3 Å². The highest BCUT2D eigenvalue weighted by Gasteiger charge is 2.03. The molecule has 1 heterocycles. The summed E-state index contributed by atoms with van der Waals surface area (Å²) in [7, 11) is 0. The molecule has 0 aliphatic heterocycles. The molecule has 90 valence electrons. The second kappa shape index (κ2) is 5.27. The van der Waals surface area contributed by atoms with Gasteiger partial charge in [0.05, 0.1) is 16.9 Å². The van der Waals surface area contributed by atoms with Crippen LogP contribution in [-0.4, -0.2) is 11.5 Å². The van der Waals surface area contributed by atoms with Crippen LogP contribution in [0.3, 0.4) is 0 Å². The van der Waals surface area contributed by atoms with Crippen molar-refractivity contribution in [3.63, 3.8) is 0 Å². The van der Waals surface area contributed by atoms with Gasteiger partial charge in [-0.1, -0.05) is 6.07 Å². The molecule has 0 spiro atoms. The fraction of sp³-hybridized carbons (Fsp3) is 0.308. The minimum absolute atomic E-state index is 0.189. The van der Waals surface area contributed by atoms with E-state index in [9.17, 15) is 4.39 Å². The first kappa shape index (κ1) is 12.0. The fourth-order valence-corrected chi connectivity index (χ4v) is 2.42. The molecule has 0 saturated carbocycles. The third kappa shape index (κ3) is 3.03. The van der Waals surface area contributed by atoms with E-state index < -0.39 is 0 Å². The molecule has 0 fully saturated rings. The van der Waals surface area contributed by atoms with Crippen molar-refractivity contribution in [2.75, 3.05) is 11.9 Å². The molecule has 1 aromatic heterocycles. The van der Waals surface area contributed by atoms with Gasteiger partial charge in [-0.25, -0.2) is 9.37 Å². The van der Waals surface area contributed by atoms with Crippen LogP contribution in [0.25, 0.3) is 0 Å². The van der Waals surface area contributed by atoms with Gasteiger partial charge in [0.1, 0.15) is 5.82 Å². The Bertz CT molecular complexity index is 508. The average molecular weight is 250 g/mol. The summed E-state index contributed by atoms with van der Waals surface area (Å²) in [6, 6.07) is 5.23. The van der Waals surface area contributed by atoms with E-state index in [0.717, 1.165) is 24.2 Å². The van der Waals surface area contributed by atoms with E-state index in [1.165, 1.54) is 4.88 Å². The van der Waals surface area contributed by atoms with E-state index in [-0.39, 0.29) is 5.82 Å². The number of anilines is 1. The minimum atomic E-state index is -0.189. The van der Waals surface area contributed by atoms with Gasteiger partial charge in [-0.05, 0) is 31.5 Å². The Labute approximate surface area is 105 Å². The van der Waals surface area contributed by atoms with Crippen LogP contribution in [0.1, 0.15) is 16.1 Å². The summed E-state index contributed by atoms with van der Waals surface area (Å²) >= 11 is 1.65. The maximum absolute atomic E-state index is 13.5. The van der Waals surface area contributed by atoms with E-state index in [0.29, 0.717) is 5.69 Å². The van der Waals surface area contributed by atoms with Gasteiger partial charge in [-0.15, -0.1) is 11.3 Å². The van der Waals surface area contributed by atoms with Crippen LogP contribution in [0.5, 0.6) is 0 Å². The summed E-state index contributed by atoms with van der Waals surface area (Å²) in [5, 5.41) is 3.11. The SMILES string of the molecule is Cc1ccc(NCCc2scnc2C)c(F)c1. The molecule has 2 nitrogen and oxygen atoms in total. The Morgan fingerprint density at radius 3 is 2.82 bits per heavy atom. The lowest BCUT2D eigenvalue weighted by Gasteiger charge is -2.07. The van der Waals surface area contributed by atoms with E-state index >= 15 is 0 Å². The molecule has 2 aromatic rings. The Hall–Kier alpha value is -1.42. The highest BCUT2D eigenvalue weighted by atomic mass is 32.1. The molecule has 0 unspecified atom stereocenters. The number of nitrogens with one attached hydrogen (secondary N) is 1. The first-order valence-corrected chi connectivity index (χ1v) is 6.44. The number of benzene rings is 1. The van der Waals surface area contributed by atoms with Gasteiger partial charge in [-0.3, -0.25) is 0 Å². The molecular formula is C13H15FN2S. The summed E-state index contributed by atoms with van der Waals surface area (Å²) < 4.78 is 13.5. The average Bonchev–Trinajstić information content (AvgIpc) is 2.68. The monoisotopic (exact) mass is 250 g/mol. The second-order valence-corrected chi connectivity index (χ2v) is 4.96. The van der Waals surface area contributed by atoms with Crippen molar-refractivity contribution in [1.82, 2.24) is 4.98 Å².